The number of nitrogens with zero attached hydrogens (tertiary/aromatic N) is 3. The summed E-state index contributed by atoms with van der Waals surface area (Å²) >= 11 is 0. The van der Waals surface area contributed by atoms with Gasteiger partial charge in [0.05, 0.1) is 18.8 Å². The standard InChI is InChI=1S/C16H18FN3O2/c1-2-22-16-8-15(18-10-19-16)20-9-13(21)7-14(20)11-4-3-5-12(17)6-11/h3-6,8,10,13-14,21H,2,7,9H2,1H3/t13-,14-/m0/s1. The van der Waals surface area contributed by atoms with E-state index in [0.29, 0.717) is 31.3 Å². The minimum Gasteiger partial charge on any atom is -0.478 e. The molecule has 2 aromatic rings. The number of hydrogen-bond acceptors (Lipinski definition) is 5. The molecule has 5 nitrogen and oxygen atoms in total. The Balaban J connectivity index is 1.92. The molecular formula is C16H18FN3O2. The largest absolute Gasteiger partial charge is 0.478 e. The predicted molar refractivity (Wildman–Crippen MR) is 80.3 cm³/mol. The summed E-state index contributed by atoms with van der Waals surface area (Å²) in [6, 6.07) is 8.09. The van der Waals surface area contributed by atoms with Crippen LogP contribution >= 0.6 is 0 Å². The molecule has 1 aromatic heterocycles. The lowest BCUT2D eigenvalue weighted by atomic mass is 10.0. The first kappa shape index (κ1) is 14.7. The van der Waals surface area contributed by atoms with Crippen molar-refractivity contribution in [2.24, 2.45) is 0 Å². The predicted octanol–water partition coefficient (Wildman–Crippen LogP) is 2.33. The fourth-order valence-electron chi connectivity index (χ4n) is 2.81. The van der Waals surface area contributed by atoms with Gasteiger partial charge in [0.25, 0.3) is 0 Å². The van der Waals surface area contributed by atoms with E-state index in [1.54, 1.807) is 12.1 Å². The Morgan fingerprint density at radius 3 is 3.00 bits per heavy atom. The van der Waals surface area contributed by atoms with E-state index in [1.165, 1.54) is 18.5 Å². The van der Waals surface area contributed by atoms with E-state index < -0.39 is 6.10 Å². The molecule has 116 valence electrons. The summed E-state index contributed by atoms with van der Waals surface area (Å²) in [5.41, 5.74) is 0.827. The van der Waals surface area contributed by atoms with Crippen LogP contribution in [-0.2, 0) is 0 Å². The zero-order chi connectivity index (χ0) is 15.5. The number of ether oxygens (including phenoxy) is 1. The SMILES string of the molecule is CCOc1cc(N2C[C@@H](O)C[C@H]2c2cccc(F)c2)ncn1. The molecule has 0 spiro atoms. The number of hydrogen-bond donors (Lipinski definition) is 1. The van der Waals surface area contributed by atoms with E-state index in [0.717, 1.165) is 5.56 Å². The van der Waals surface area contributed by atoms with Crippen molar-refractivity contribution < 1.29 is 14.2 Å². The molecule has 1 aliphatic rings. The summed E-state index contributed by atoms with van der Waals surface area (Å²) in [5.74, 6) is 0.882. The third-order valence-electron chi connectivity index (χ3n) is 3.73. The Morgan fingerprint density at radius 2 is 2.23 bits per heavy atom. The lowest BCUT2D eigenvalue weighted by Crippen LogP contribution is -2.25. The smallest absolute Gasteiger partial charge is 0.218 e. The number of aliphatic hydroxyl groups excluding tert-OH is 1. The maximum atomic E-state index is 13.5. The van der Waals surface area contributed by atoms with E-state index in [9.17, 15) is 9.50 Å². The molecule has 0 amide bonds. The Kier molecular flexibility index (Phi) is 4.20. The summed E-state index contributed by atoms with van der Waals surface area (Å²) in [6.07, 6.45) is 1.50. The Bertz CT molecular complexity index is 653. The number of β-amino-alcohol motifs (C(OH)–C–C–N with tert-alkyl or cyclic N) is 1. The number of rotatable bonds is 4. The average Bonchev–Trinajstić information content (AvgIpc) is 2.90. The van der Waals surface area contributed by atoms with E-state index in [-0.39, 0.29) is 11.9 Å². The Hall–Kier alpha value is -2.21. The molecule has 0 bridgehead atoms. The summed E-state index contributed by atoms with van der Waals surface area (Å²) in [7, 11) is 0. The molecule has 0 aliphatic carbocycles. The van der Waals surface area contributed by atoms with E-state index in [1.807, 2.05) is 17.9 Å². The van der Waals surface area contributed by atoms with Crippen LogP contribution in [0.3, 0.4) is 0 Å². The number of aromatic nitrogens is 2. The highest BCUT2D eigenvalue weighted by molar-refractivity contribution is 5.46. The van der Waals surface area contributed by atoms with Crippen molar-refractivity contribution in [3.63, 3.8) is 0 Å². The van der Waals surface area contributed by atoms with Crippen molar-refractivity contribution >= 4 is 5.82 Å². The second kappa shape index (κ2) is 6.27. The first-order valence-electron chi connectivity index (χ1n) is 7.32. The van der Waals surface area contributed by atoms with Gasteiger partial charge < -0.3 is 14.7 Å². The van der Waals surface area contributed by atoms with Crippen LogP contribution in [0.5, 0.6) is 5.88 Å². The van der Waals surface area contributed by atoms with Gasteiger partial charge in [0, 0.05) is 12.6 Å². The van der Waals surface area contributed by atoms with Crippen LogP contribution in [0.15, 0.2) is 36.7 Å². The molecule has 2 atom stereocenters. The van der Waals surface area contributed by atoms with Crippen molar-refractivity contribution in [2.75, 3.05) is 18.1 Å². The summed E-state index contributed by atoms with van der Waals surface area (Å²) in [4.78, 5) is 10.3. The molecule has 0 unspecified atom stereocenters. The van der Waals surface area contributed by atoms with Gasteiger partial charge in [0.1, 0.15) is 18.0 Å². The number of anilines is 1. The molecule has 6 heteroatoms. The van der Waals surface area contributed by atoms with Gasteiger partial charge in [0.2, 0.25) is 5.88 Å². The van der Waals surface area contributed by atoms with Crippen LogP contribution in [-0.4, -0.2) is 34.3 Å². The van der Waals surface area contributed by atoms with Gasteiger partial charge in [-0.2, -0.15) is 0 Å². The lowest BCUT2D eigenvalue weighted by molar-refractivity contribution is 0.194. The summed E-state index contributed by atoms with van der Waals surface area (Å²) in [5, 5.41) is 10.0. The van der Waals surface area contributed by atoms with E-state index >= 15 is 0 Å². The summed E-state index contributed by atoms with van der Waals surface area (Å²) < 4.78 is 18.9. The van der Waals surface area contributed by atoms with Gasteiger partial charge >= 0.3 is 0 Å². The van der Waals surface area contributed by atoms with Crippen LogP contribution < -0.4 is 9.64 Å². The normalized spacial score (nSPS) is 21.1. The number of benzene rings is 1. The Morgan fingerprint density at radius 1 is 1.36 bits per heavy atom. The Labute approximate surface area is 128 Å². The molecule has 1 aliphatic heterocycles. The maximum Gasteiger partial charge on any atom is 0.218 e. The third-order valence-corrected chi connectivity index (χ3v) is 3.73. The highest BCUT2D eigenvalue weighted by atomic mass is 19.1. The van der Waals surface area contributed by atoms with Crippen LogP contribution in [0.25, 0.3) is 0 Å². The molecule has 1 N–H and O–H groups in total. The molecule has 1 fully saturated rings. The van der Waals surface area contributed by atoms with E-state index in [2.05, 4.69) is 9.97 Å². The molecule has 22 heavy (non-hydrogen) atoms. The highest BCUT2D eigenvalue weighted by Crippen LogP contribution is 2.36. The van der Waals surface area contributed by atoms with Crippen LogP contribution in [0.2, 0.25) is 0 Å². The van der Waals surface area contributed by atoms with Crippen LogP contribution in [0.4, 0.5) is 10.2 Å². The lowest BCUT2D eigenvalue weighted by Gasteiger charge is -2.25. The van der Waals surface area contributed by atoms with Gasteiger partial charge in [-0.15, -0.1) is 0 Å². The fraction of sp³-hybridized carbons (Fsp3) is 0.375. The summed E-state index contributed by atoms with van der Waals surface area (Å²) in [6.45, 7) is 2.85. The van der Waals surface area contributed by atoms with Gasteiger partial charge in [-0.25, -0.2) is 14.4 Å². The third kappa shape index (κ3) is 3.01. The molecule has 1 saturated heterocycles. The fourth-order valence-corrected chi connectivity index (χ4v) is 2.81. The van der Waals surface area contributed by atoms with Gasteiger partial charge in [-0.3, -0.25) is 0 Å². The van der Waals surface area contributed by atoms with Crippen molar-refractivity contribution in [3.8, 4) is 5.88 Å². The zero-order valence-electron chi connectivity index (χ0n) is 12.3. The van der Waals surface area contributed by atoms with Crippen molar-refractivity contribution in [3.05, 3.63) is 48.0 Å². The first-order valence-corrected chi connectivity index (χ1v) is 7.32. The molecule has 1 aromatic carbocycles. The highest BCUT2D eigenvalue weighted by Gasteiger charge is 2.33. The van der Waals surface area contributed by atoms with Crippen LogP contribution in [0, 0.1) is 5.82 Å². The van der Waals surface area contributed by atoms with E-state index in [4.69, 9.17) is 4.74 Å². The zero-order valence-corrected chi connectivity index (χ0v) is 12.3. The number of halogens is 1. The quantitative estimate of drug-likeness (QED) is 0.939. The minimum atomic E-state index is -0.473. The monoisotopic (exact) mass is 303 g/mol. The molecule has 3 rings (SSSR count). The topological polar surface area (TPSA) is 58.5 Å². The second-order valence-corrected chi connectivity index (χ2v) is 5.26. The molecule has 2 heterocycles. The minimum absolute atomic E-state index is 0.116. The molecular weight excluding hydrogens is 285 g/mol. The maximum absolute atomic E-state index is 13.5. The second-order valence-electron chi connectivity index (χ2n) is 5.26. The van der Waals surface area contributed by atoms with Crippen LogP contribution in [0.1, 0.15) is 24.9 Å². The van der Waals surface area contributed by atoms with Crippen molar-refractivity contribution in [1.82, 2.24) is 9.97 Å². The number of aliphatic hydroxyl groups is 1. The molecule has 0 radical (unpaired) electrons. The average molecular weight is 303 g/mol. The molecule has 0 saturated carbocycles. The van der Waals surface area contributed by atoms with Crippen molar-refractivity contribution in [1.29, 1.82) is 0 Å². The first-order chi connectivity index (χ1) is 10.7. The van der Waals surface area contributed by atoms with Gasteiger partial charge in [-0.05, 0) is 31.0 Å². The van der Waals surface area contributed by atoms with Gasteiger partial charge in [0.15, 0.2) is 0 Å². The van der Waals surface area contributed by atoms with Gasteiger partial charge in [-0.1, -0.05) is 12.1 Å². The van der Waals surface area contributed by atoms with Crippen molar-refractivity contribution in [2.45, 2.75) is 25.5 Å².